The lowest BCUT2D eigenvalue weighted by atomic mass is 9.98. The van der Waals surface area contributed by atoms with Crippen LogP contribution in [0.15, 0.2) is 39.9 Å². The van der Waals surface area contributed by atoms with Gasteiger partial charge in [0.05, 0.1) is 20.7 Å². The van der Waals surface area contributed by atoms with Gasteiger partial charge in [-0.05, 0) is 37.3 Å². The molecule has 1 unspecified atom stereocenters. The molecule has 2 aromatic heterocycles. The van der Waals surface area contributed by atoms with E-state index in [0.29, 0.717) is 25.1 Å². The third-order valence-electron chi connectivity index (χ3n) is 5.50. The van der Waals surface area contributed by atoms with Gasteiger partial charge in [0.15, 0.2) is 6.61 Å². The summed E-state index contributed by atoms with van der Waals surface area (Å²) in [6.45, 7) is 0.641. The van der Waals surface area contributed by atoms with Crippen molar-refractivity contribution >= 4 is 52.1 Å². The Morgan fingerprint density at radius 2 is 2.21 bits per heavy atom. The molecule has 178 valence electrons. The van der Waals surface area contributed by atoms with E-state index in [1.807, 2.05) is 35.9 Å². The molecule has 1 fully saturated rings. The minimum Gasteiger partial charge on any atom is -0.484 e. The number of amides is 1. The molecule has 1 saturated heterocycles. The molecule has 1 aliphatic rings. The average molecular weight is 517 g/mol. The number of nitrogens with one attached hydrogen (secondary N) is 1. The molecule has 1 atom stereocenters. The van der Waals surface area contributed by atoms with Gasteiger partial charge in [0.25, 0.3) is 5.91 Å². The van der Waals surface area contributed by atoms with Crippen LogP contribution in [0.2, 0.25) is 0 Å². The molecule has 4 rings (SSSR count). The van der Waals surface area contributed by atoms with Crippen molar-refractivity contribution in [2.45, 2.75) is 17.1 Å². The van der Waals surface area contributed by atoms with E-state index >= 15 is 0 Å². The first-order valence-electron chi connectivity index (χ1n) is 10.6. The maximum atomic E-state index is 12.5. The highest BCUT2D eigenvalue weighted by molar-refractivity contribution is 8.00. The van der Waals surface area contributed by atoms with Gasteiger partial charge in [0.1, 0.15) is 16.6 Å². The fourth-order valence-electron chi connectivity index (χ4n) is 3.72. The minimum absolute atomic E-state index is 0.0470. The van der Waals surface area contributed by atoms with Gasteiger partial charge in [-0.15, -0.1) is 34.4 Å². The molecular weight excluding hydrogens is 492 g/mol. The zero-order chi connectivity index (χ0) is 24.2. The number of nitrogens with two attached hydrogens (primary N) is 1. The van der Waals surface area contributed by atoms with Crippen molar-refractivity contribution in [2.24, 2.45) is 11.7 Å². The molecule has 0 bridgehead atoms. The average Bonchev–Trinajstić information content (AvgIpc) is 3.50. The molecule has 8 nitrogen and oxygen atoms in total. The van der Waals surface area contributed by atoms with E-state index in [1.54, 1.807) is 22.7 Å². The normalized spacial score (nSPS) is 15.8. The number of aliphatic carboxylic acids is 1. The molecule has 0 radical (unpaired) electrons. The third-order valence-corrected chi connectivity index (χ3v) is 8.68. The number of amidine groups is 1. The summed E-state index contributed by atoms with van der Waals surface area (Å²) >= 11 is 4.61. The second-order valence-electron chi connectivity index (χ2n) is 7.80. The number of carbonyl (C=O) groups is 2. The Morgan fingerprint density at radius 3 is 2.94 bits per heavy atom. The van der Waals surface area contributed by atoms with Crippen molar-refractivity contribution in [3.63, 3.8) is 0 Å². The summed E-state index contributed by atoms with van der Waals surface area (Å²) in [6.07, 6.45) is 3.26. The number of piperidine rings is 1. The van der Waals surface area contributed by atoms with Gasteiger partial charge in [0, 0.05) is 29.6 Å². The maximum absolute atomic E-state index is 12.5. The van der Waals surface area contributed by atoms with Crippen molar-refractivity contribution in [1.29, 1.82) is 5.41 Å². The van der Waals surface area contributed by atoms with Gasteiger partial charge < -0.3 is 20.5 Å². The van der Waals surface area contributed by atoms with Crippen LogP contribution >= 0.6 is 34.4 Å². The number of carboxylic acids is 1. The predicted octanol–water partition coefficient (Wildman–Crippen LogP) is 4.25. The zero-order valence-corrected chi connectivity index (χ0v) is 20.9. The number of aromatic nitrogens is 1. The van der Waals surface area contributed by atoms with Gasteiger partial charge in [-0.1, -0.05) is 12.1 Å². The summed E-state index contributed by atoms with van der Waals surface area (Å²) in [6, 6.07) is 9.31. The van der Waals surface area contributed by atoms with Gasteiger partial charge in [-0.2, -0.15) is 0 Å². The Hall–Kier alpha value is -2.89. The summed E-state index contributed by atoms with van der Waals surface area (Å²) in [7, 11) is 0. The molecule has 0 spiro atoms. The van der Waals surface area contributed by atoms with Gasteiger partial charge in [-0.25, -0.2) is 4.98 Å². The van der Waals surface area contributed by atoms with Crippen LogP contribution in [0.4, 0.5) is 0 Å². The number of nitrogen functional groups attached to an aromatic ring is 1. The molecule has 3 heterocycles. The first-order chi connectivity index (χ1) is 16.4. The van der Waals surface area contributed by atoms with Crippen molar-refractivity contribution in [3.8, 4) is 27.6 Å². The Balaban J connectivity index is 1.44. The second kappa shape index (κ2) is 10.6. The van der Waals surface area contributed by atoms with E-state index in [1.165, 1.54) is 22.7 Å². The van der Waals surface area contributed by atoms with Crippen LogP contribution in [0.3, 0.4) is 0 Å². The molecule has 1 aliphatic heterocycles. The Labute approximate surface area is 209 Å². The first-order valence-corrected chi connectivity index (χ1v) is 13.5. The molecule has 11 heteroatoms. The topological polar surface area (TPSA) is 130 Å². The van der Waals surface area contributed by atoms with E-state index < -0.39 is 11.9 Å². The predicted molar refractivity (Wildman–Crippen MR) is 136 cm³/mol. The van der Waals surface area contributed by atoms with Crippen molar-refractivity contribution in [3.05, 3.63) is 40.6 Å². The lowest BCUT2D eigenvalue weighted by Gasteiger charge is -2.30. The number of benzene rings is 1. The molecule has 3 aromatic rings. The number of ether oxygens (including phenoxy) is 1. The quantitative estimate of drug-likeness (QED) is 0.232. The molecule has 1 aromatic carbocycles. The third kappa shape index (κ3) is 5.43. The van der Waals surface area contributed by atoms with Crippen molar-refractivity contribution in [2.75, 3.05) is 26.0 Å². The van der Waals surface area contributed by atoms with Crippen LogP contribution in [0.5, 0.6) is 5.75 Å². The van der Waals surface area contributed by atoms with Crippen LogP contribution in [-0.2, 0) is 9.59 Å². The zero-order valence-electron chi connectivity index (χ0n) is 18.4. The smallest absolute Gasteiger partial charge is 0.308 e. The van der Waals surface area contributed by atoms with Crippen LogP contribution in [0, 0.1) is 11.3 Å². The Bertz CT molecular complexity index is 1220. The molecule has 0 saturated carbocycles. The Kier molecular flexibility index (Phi) is 7.54. The fourth-order valence-corrected chi connectivity index (χ4v) is 6.44. The first kappa shape index (κ1) is 24.2. The summed E-state index contributed by atoms with van der Waals surface area (Å²) in [5.74, 6) is -0.993. The molecule has 1 amide bonds. The van der Waals surface area contributed by atoms with Crippen LogP contribution < -0.4 is 10.5 Å². The van der Waals surface area contributed by atoms with Crippen LogP contribution in [0.25, 0.3) is 21.8 Å². The van der Waals surface area contributed by atoms with Gasteiger partial charge in [-0.3, -0.25) is 15.0 Å². The number of carboxylic acid groups (broad SMARTS) is 1. The number of rotatable bonds is 8. The molecule has 0 aliphatic carbocycles. The molecular formula is C23H24N4O4S3. The van der Waals surface area contributed by atoms with Crippen LogP contribution in [-0.4, -0.2) is 58.7 Å². The van der Waals surface area contributed by atoms with Crippen molar-refractivity contribution < 1.29 is 19.4 Å². The highest BCUT2D eigenvalue weighted by Crippen LogP contribution is 2.40. The second-order valence-corrected chi connectivity index (χ2v) is 10.8. The van der Waals surface area contributed by atoms with E-state index in [2.05, 4.69) is 0 Å². The number of thiazole rings is 1. The minimum atomic E-state index is -0.863. The van der Waals surface area contributed by atoms with Crippen molar-refractivity contribution in [1.82, 2.24) is 9.88 Å². The standard InChI is InChI=1S/C23H24N4O4S3/c1-32-23-16(9-18(34-23)20(24)25)21-26-17(12-33-21)13-4-2-6-15(8-13)31-11-19(28)27-7-3-5-14(10-27)22(29)30/h2,4,6,8-9,12,14H,3,5,7,10-11H2,1H3,(H3,24,25)(H,29,30). The largest absolute Gasteiger partial charge is 0.484 e. The number of likely N-dealkylation sites (tertiary alicyclic amines) is 1. The number of thioether (sulfide) groups is 1. The summed E-state index contributed by atoms with van der Waals surface area (Å²) in [4.78, 5) is 30.9. The van der Waals surface area contributed by atoms with E-state index in [4.69, 9.17) is 20.9 Å². The van der Waals surface area contributed by atoms with E-state index in [0.717, 1.165) is 30.9 Å². The monoisotopic (exact) mass is 516 g/mol. The maximum Gasteiger partial charge on any atom is 0.308 e. The highest BCUT2D eigenvalue weighted by atomic mass is 32.2. The number of hydrogen-bond acceptors (Lipinski definition) is 8. The van der Waals surface area contributed by atoms with Gasteiger partial charge in [0.2, 0.25) is 0 Å². The van der Waals surface area contributed by atoms with Crippen LogP contribution in [0.1, 0.15) is 17.7 Å². The fraction of sp³-hybridized carbons (Fsp3) is 0.304. The summed E-state index contributed by atoms with van der Waals surface area (Å²) in [5, 5.41) is 19.7. The summed E-state index contributed by atoms with van der Waals surface area (Å²) in [5.41, 5.74) is 8.29. The summed E-state index contributed by atoms with van der Waals surface area (Å²) < 4.78 is 6.79. The highest BCUT2D eigenvalue weighted by Gasteiger charge is 2.28. The molecule has 4 N–H and O–H groups in total. The van der Waals surface area contributed by atoms with Gasteiger partial charge >= 0.3 is 5.97 Å². The van der Waals surface area contributed by atoms with E-state index in [9.17, 15) is 14.7 Å². The number of nitrogens with zero attached hydrogens (tertiary/aromatic N) is 2. The number of hydrogen-bond donors (Lipinski definition) is 3. The molecule has 34 heavy (non-hydrogen) atoms. The lowest BCUT2D eigenvalue weighted by Crippen LogP contribution is -2.44. The lowest BCUT2D eigenvalue weighted by molar-refractivity contribution is -0.146. The Morgan fingerprint density at radius 1 is 1.38 bits per heavy atom. The van der Waals surface area contributed by atoms with E-state index in [-0.39, 0.29) is 24.9 Å². The SMILES string of the molecule is CSc1sc(C(=N)N)cc1-c1nc(-c2cccc(OCC(=O)N3CCCC(C(=O)O)C3)c2)cs1. The number of thiophene rings is 1. The number of carbonyl (C=O) groups excluding carboxylic acids is 1.